The molecule has 0 aliphatic heterocycles. The Morgan fingerprint density at radius 3 is 2.47 bits per heavy atom. The van der Waals surface area contributed by atoms with Crippen molar-refractivity contribution in [3.8, 4) is 0 Å². The van der Waals surface area contributed by atoms with Crippen molar-refractivity contribution in [2.45, 2.75) is 39.7 Å². The molecule has 0 saturated carbocycles. The van der Waals surface area contributed by atoms with Gasteiger partial charge >= 0.3 is 5.97 Å². The monoisotopic (exact) mass is 239 g/mol. The fourth-order valence-corrected chi connectivity index (χ4v) is 1.51. The topological polar surface area (TPSA) is 79.5 Å². The van der Waals surface area contributed by atoms with E-state index in [1.165, 1.54) is 6.92 Å². The second kappa shape index (κ2) is 5.52. The lowest BCUT2D eigenvalue weighted by atomic mass is 10.1. The van der Waals surface area contributed by atoms with Gasteiger partial charge in [-0.2, -0.15) is 0 Å². The van der Waals surface area contributed by atoms with Gasteiger partial charge < -0.3 is 14.8 Å². The van der Waals surface area contributed by atoms with Gasteiger partial charge in [-0.25, -0.2) is 0 Å². The molecule has 1 rings (SSSR count). The molecule has 5 heteroatoms. The number of aryl methyl sites for hydroxylation is 2. The Balaban J connectivity index is 2.82. The first-order valence-corrected chi connectivity index (χ1v) is 5.64. The number of nitrogens with one attached hydrogen (secondary N) is 1. The lowest BCUT2D eigenvalue weighted by molar-refractivity contribution is -0.138. The molecule has 0 fully saturated rings. The summed E-state index contributed by atoms with van der Waals surface area (Å²) in [5.41, 5.74) is 0.987. The van der Waals surface area contributed by atoms with Crippen LogP contribution < -0.4 is 5.32 Å². The molecule has 1 atom stereocenters. The summed E-state index contributed by atoms with van der Waals surface area (Å²) in [6.45, 7) is 5.33. The van der Waals surface area contributed by atoms with Crippen LogP contribution >= 0.6 is 0 Å². The molecule has 1 aromatic heterocycles. The zero-order valence-electron chi connectivity index (χ0n) is 10.2. The zero-order chi connectivity index (χ0) is 13.0. The third-order valence-corrected chi connectivity index (χ3v) is 2.54. The summed E-state index contributed by atoms with van der Waals surface area (Å²) in [6.07, 6.45) is 1.50. The minimum absolute atomic E-state index is 0.173. The van der Waals surface area contributed by atoms with Gasteiger partial charge in [-0.3, -0.25) is 9.59 Å². The van der Waals surface area contributed by atoms with Gasteiger partial charge in [0.25, 0.3) is 5.91 Å². The molecule has 1 heterocycles. The molecule has 0 aliphatic carbocycles. The molecule has 5 nitrogen and oxygen atoms in total. The van der Waals surface area contributed by atoms with Crippen molar-refractivity contribution in [1.82, 2.24) is 5.32 Å². The predicted molar refractivity (Wildman–Crippen MR) is 62.0 cm³/mol. The smallest absolute Gasteiger partial charge is 0.325 e. The highest BCUT2D eigenvalue weighted by atomic mass is 16.4. The lowest BCUT2D eigenvalue weighted by Crippen LogP contribution is -2.38. The molecule has 0 unspecified atom stereocenters. The minimum Gasteiger partial charge on any atom is -0.480 e. The van der Waals surface area contributed by atoms with Gasteiger partial charge in [0, 0.05) is 6.42 Å². The molecule has 0 saturated heterocycles. The number of carboxylic acid groups (broad SMARTS) is 1. The number of carbonyl (C=O) groups is 2. The van der Waals surface area contributed by atoms with E-state index < -0.39 is 17.9 Å². The van der Waals surface area contributed by atoms with E-state index in [1.54, 1.807) is 6.07 Å². The van der Waals surface area contributed by atoms with Crippen LogP contribution in [-0.4, -0.2) is 23.0 Å². The fourth-order valence-electron chi connectivity index (χ4n) is 1.51. The quantitative estimate of drug-likeness (QED) is 0.818. The van der Waals surface area contributed by atoms with Crippen LogP contribution in [0.15, 0.2) is 10.5 Å². The van der Waals surface area contributed by atoms with Crippen molar-refractivity contribution in [3.05, 3.63) is 23.2 Å². The Bertz CT molecular complexity index is 401. The van der Waals surface area contributed by atoms with Crippen LogP contribution in [0.1, 0.15) is 42.6 Å². The second-order valence-electron chi connectivity index (χ2n) is 3.80. The molecule has 1 amide bonds. The van der Waals surface area contributed by atoms with Crippen LogP contribution in [0.5, 0.6) is 0 Å². The zero-order valence-corrected chi connectivity index (χ0v) is 10.2. The van der Waals surface area contributed by atoms with Gasteiger partial charge in [0.2, 0.25) is 0 Å². The Kier molecular flexibility index (Phi) is 4.31. The van der Waals surface area contributed by atoms with Gasteiger partial charge in [-0.05, 0) is 25.0 Å². The van der Waals surface area contributed by atoms with E-state index >= 15 is 0 Å². The third kappa shape index (κ3) is 3.09. The summed E-state index contributed by atoms with van der Waals surface area (Å²) in [4.78, 5) is 22.3. The van der Waals surface area contributed by atoms with Gasteiger partial charge in [0.15, 0.2) is 5.76 Å². The van der Waals surface area contributed by atoms with Gasteiger partial charge in [-0.1, -0.05) is 13.8 Å². The van der Waals surface area contributed by atoms with E-state index in [0.717, 1.165) is 17.7 Å². The van der Waals surface area contributed by atoms with E-state index in [2.05, 4.69) is 5.32 Å². The largest absolute Gasteiger partial charge is 0.480 e. The molecule has 0 spiro atoms. The molecule has 0 aromatic carbocycles. The highest BCUT2D eigenvalue weighted by molar-refractivity contribution is 5.94. The molecule has 0 bridgehead atoms. The normalized spacial score (nSPS) is 12.2. The summed E-state index contributed by atoms with van der Waals surface area (Å²) in [5.74, 6) is -0.613. The standard InChI is InChI=1S/C12H17NO4/c1-4-8-6-10(17-9(8)5-2)11(14)13-7(3)12(15)16/h6-7H,4-5H2,1-3H3,(H,13,14)(H,15,16)/t7-/m0/s1. The number of hydrogen-bond donors (Lipinski definition) is 2. The van der Waals surface area contributed by atoms with Gasteiger partial charge in [0.1, 0.15) is 11.8 Å². The van der Waals surface area contributed by atoms with Crippen LogP contribution in [-0.2, 0) is 17.6 Å². The number of rotatable bonds is 5. The Morgan fingerprint density at radius 2 is 2.06 bits per heavy atom. The number of hydrogen-bond acceptors (Lipinski definition) is 3. The van der Waals surface area contributed by atoms with Gasteiger partial charge in [0.05, 0.1) is 0 Å². The van der Waals surface area contributed by atoms with Crippen molar-refractivity contribution >= 4 is 11.9 Å². The predicted octanol–water partition coefficient (Wildman–Crippen LogP) is 1.61. The van der Waals surface area contributed by atoms with Crippen LogP contribution in [0, 0.1) is 0 Å². The Labute approximate surface area is 99.8 Å². The second-order valence-corrected chi connectivity index (χ2v) is 3.80. The average molecular weight is 239 g/mol. The van der Waals surface area contributed by atoms with E-state index in [1.807, 2.05) is 13.8 Å². The number of furan rings is 1. The first-order valence-electron chi connectivity index (χ1n) is 5.64. The molecule has 17 heavy (non-hydrogen) atoms. The summed E-state index contributed by atoms with van der Waals surface area (Å²) in [7, 11) is 0. The molecule has 1 aromatic rings. The van der Waals surface area contributed by atoms with Crippen LogP contribution in [0.2, 0.25) is 0 Å². The molecular formula is C12H17NO4. The van der Waals surface area contributed by atoms with Gasteiger partial charge in [-0.15, -0.1) is 0 Å². The summed E-state index contributed by atoms with van der Waals surface area (Å²) < 4.78 is 5.39. The van der Waals surface area contributed by atoms with E-state index in [0.29, 0.717) is 6.42 Å². The average Bonchev–Trinajstić information content (AvgIpc) is 2.71. The van der Waals surface area contributed by atoms with Crippen LogP contribution in [0.4, 0.5) is 0 Å². The van der Waals surface area contributed by atoms with Crippen LogP contribution in [0.25, 0.3) is 0 Å². The number of carboxylic acids is 1. The van der Waals surface area contributed by atoms with E-state index in [4.69, 9.17) is 9.52 Å². The first kappa shape index (κ1) is 13.3. The van der Waals surface area contributed by atoms with E-state index in [9.17, 15) is 9.59 Å². The maximum Gasteiger partial charge on any atom is 0.325 e. The van der Waals surface area contributed by atoms with Crippen molar-refractivity contribution < 1.29 is 19.1 Å². The van der Waals surface area contributed by atoms with Crippen molar-refractivity contribution in [1.29, 1.82) is 0 Å². The minimum atomic E-state index is -1.07. The summed E-state index contributed by atoms with van der Waals surface area (Å²) in [5, 5.41) is 11.0. The fraction of sp³-hybridized carbons (Fsp3) is 0.500. The van der Waals surface area contributed by atoms with Crippen molar-refractivity contribution in [3.63, 3.8) is 0 Å². The lowest BCUT2D eigenvalue weighted by Gasteiger charge is -2.06. The highest BCUT2D eigenvalue weighted by Crippen LogP contribution is 2.16. The summed E-state index contributed by atoms with van der Waals surface area (Å²) in [6, 6.07) is 0.741. The molecular weight excluding hydrogens is 222 g/mol. The highest BCUT2D eigenvalue weighted by Gasteiger charge is 2.19. The SMILES string of the molecule is CCc1cc(C(=O)N[C@@H](C)C(=O)O)oc1CC. The maximum atomic E-state index is 11.7. The Hall–Kier alpha value is -1.78. The molecule has 94 valence electrons. The Morgan fingerprint density at radius 1 is 1.41 bits per heavy atom. The van der Waals surface area contributed by atoms with Crippen LogP contribution in [0.3, 0.4) is 0 Å². The number of aliphatic carboxylic acids is 1. The third-order valence-electron chi connectivity index (χ3n) is 2.54. The molecule has 0 radical (unpaired) electrons. The molecule has 0 aliphatic rings. The maximum absolute atomic E-state index is 11.7. The number of amides is 1. The van der Waals surface area contributed by atoms with Crippen molar-refractivity contribution in [2.75, 3.05) is 0 Å². The first-order chi connectivity index (χ1) is 7.99. The summed E-state index contributed by atoms with van der Waals surface area (Å²) >= 11 is 0. The number of carbonyl (C=O) groups excluding carboxylic acids is 1. The molecule has 2 N–H and O–H groups in total. The van der Waals surface area contributed by atoms with Crippen molar-refractivity contribution in [2.24, 2.45) is 0 Å². The van der Waals surface area contributed by atoms with E-state index in [-0.39, 0.29) is 5.76 Å².